The molecule has 3 heterocycles. The summed E-state index contributed by atoms with van der Waals surface area (Å²) in [6.07, 6.45) is 0. The van der Waals surface area contributed by atoms with Gasteiger partial charge in [-0.05, 0) is 19.2 Å². The average Bonchev–Trinajstić information content (AvgIpc) is 3.16. The number of benzene rings is 1. The largest absolute Gasteiger partial charge is 0.345 e. The molecule has 0 atom stereocenters. The molecule has 1 aromatic carbocycles. The summed E-state index contributed by atoms with van der Waals surface area (Å²) in [4.78, 5) is 37.4. The Labute approximate surface area is 168 Å². The van der Waals surface area contributed by atoms with Crippen molar-refractivity contribution in [1.82, 2.24) is 25.0 Å². The first-order valence-corrected chi connectivity index (χ1v) is 10.5. The van der Waals surface area contributed by atoms with Gasteiger partial charge in [0.2, 0.25) is 5.91 Å². The Kier molecular flexibility index (Phi) is 5.63. The predicted molar refractivity (Wildman–Crippen MR) is 111 cm³/mol. The van der Waals surface area contributed by atoms with Crippen molar-refractivity contribution in [3.05, 3.63) is 24.3 Å². The number of para-hydroxylation sites is 1. The fraction of sp³-hybridized carbons (Fsp3) is 0.526. The van der Waals surface area contributed by atoms with Gasteiger partial charge in [0, 0.05) is 52.4 Å². The molecule has 28 heavy (non-hydrogen) atoms. The first kappa shape index (κ1) is 18.9. The van der Waals surface area contributed by atoms with Crippen LogP contribution in [0.2, 0.25) is 0 Å². The number of anilines is 1. The van der Waals surface area contributed by atoms with Crippen LogP contribution in [0.3, 0.4) is 0 Å². The van der Waals surface area contributed by atoms with Crippen molar-refractivity contribution in [2.45, 2.75) is 0 Å². The molecule has 8 nitrogen and oxygen atoms in total. The van der Waals surface area contributed by atoms with Gasteiger partial charge in [0.25, 0.3) is 0 Å². The number of hydrogen-bond acceptors (Lipinski definition) is 6. The lowest BCUT2D eigenvalue weighted by molar-refractivity contribution is -0.130. The molecule has 0 aliphatic carbocycles. The van der Waals surface area contributed by atoms with Crippen molar-refractivity contribution in [3.8, 4) is 0 Å². The number of likely N-dealkylation sites (N-methyl/N-ethyl adjacent to an activating group) is 1. The van der Waals surface area contributed by atoms with Crippen molar-refractivity contribution in [3.63, 3.8) is 0 Å². The number of rotatable bonds is 3. The maximum Gasteiger partial charge on any atom is 0.317 e. The second-order valence-corrected chi connectivity index (χ2v) is 8.29. The van der Waals surface area contributed by atoms with Gasteiger partial charge in [-0.25, -0.2) is 9.78 Å². The lowest BCUT2D eigenvalue weighted by Gasteiger charge is -2.35. The van der Waals surface area contributed by atoms with Gasteiger partial charge < -0.3 is 24.9 Å². The van der Waals surface area contributed by atoms with E-state index in [0.717, 1.165) is 36.8 Å². The van der Waals surface area contributed by atoms with E-state index in [1.54, 1.807) is 16.2 Å². The third-order valence-electron chi connectivity index (χ3n) is 5.37. The molecule has 1 N–H and O–H groups in total. The maximum absolute atomic E-state index is 12.5. The Morgan fingerprint density at radius 3 is 2.39 bits per heavy atom. The highest BCUT2D eigenvalue weighted by molar-refractivity contribution is 7.22. The summed E-state index contributed by atoms with van der Waals surface area (Å²) in [5, 5.41) is 3.79. The van der Waals surface area contributed by atoms with Crippen LogP contribution in [0.4, 0.5) is 9.93 Å². The van der Waals surface area contributed by atoms with Gasteiger partial charge in [-0.3, -0.25) is 4.79 Å². The summed E-state index contributed by atoms with van der Waals surface area (Å²) < 4.78 is 1.18. The second-order valence-electron chi connectivity index (χ2n) is 7.28. The van der Waals surface area contributed by atoms with E-state index in [4.69, 9.17) is 4.98 Å². The van der Waals surface area contributed by atoms with Crippen LogP contribution < -0.4 is 10.2 Å². The lowest BCUT2D eigenvalue weighted by atomic mass is 10.3. The second kappa shape index (κ2) is 8.32. The smallest absolute Gasteiger partial charge is 0.317 e. The quantitative estimate of drug-likeness (QED) is 0.826. The van der Waals surface area contributed by atoms with E-state index in [1.807, 2.05) is 30.1 Å². The molecule has 2 saturated heterocycles. The zero-order valence-electron chi connectivity index (χ0n) is 16.1. The Bertz CT molecular complexity index is 807. The fourth-order valence-electron chi connectivity index (χ4n) is 3.53. The number of carbonyl (C=O) groups is 2. The van der Waals surface area contributed by atoms with E-state index < -0.39 is 0 Å². The van der Waals surface area contributed by atoms with Crippen LogP contribution in [0.5, 0.6) is 0 Å². The molecule has 0 unspecified atom stereocenters. The number of carbonyl (C=O) groups excluding carboxylic acids is 2. The Balaban J connectivity index is 1.24. The van der Waals surface area contributed by atoms with Crippen molar-refractivity contribution in [1.29, 1.82) is 0 Å². The molecular formula is C19H26N6O2S. The predicted octanol–water partition coefficient (Wildman–Crippen LogP) is 0.902. The summed E-state index contributed by atoms with van der Waals surface area (Å²) in [7, 11) is 2.05. The van der Waals surface area contributed by atoms with Crippen molar-refractivity contribution >= 4 is 38.6 Å². The van der Waals surface area contributed by atoms with Crippen LogP contribution in [0, 0.1) is 0 Å². The molecule has 2 aromatic rings. The van der Waals surface area contributed by atoms with Gasteiger partial charge in [0.1, 0.15) is 0 Å². The lowest BCUT2D eigenvalue weighted by Crippen LogP contribution is -2.54. The summed E-state index contributed by atoms with van der Waals surface area (Å²) in [5.41, 5.74) is 1.02. The van der Waals surface area contributed by atoms with Gasteiger partial charge in [0.15, 0.2) is 5.13 Å². The molecule has 2 aliphatic heterocycles. The number of thiazole rings is 1. The van der Waals surface area contributed by atoms with Gasteiger partial charge in [0.05, 0.1) is 16.8 Å². The molecule has 150 valence electrons. The van der Waals surface area contributed by atoms with Gasteiger partial charge in [-0.2, -0.15) is 0 Å². The number of nitrogens with zero attached hydrogens (tertiary/aromatic N) is 5. The van der Waals surface area contributed by atoms with Crippen LogP contribution in [0.1, 0.15) is 0 Å². The molecule has 0 saturated carbocycles. The zero-order chi connectivity index (χ0) is 19.5. The van der Waals surface area contributed by atoms with Crippen LogP contribution in [0.25, 0.3) is 10.2 Å². The summed E-state index contributed by atoms with van der Waals surface area (Å²) in [6, 6.07) is 7.99. The number of nitrogens with one attached hydrogen (secondary N) is 1. The van der Waals surface area contributed by atoms with Crippen LogP contribution >= 0.6 is 11.3 Å². The monoisotopic (exact) mass is 402 g/mol. The SMILES string of the molecule is CN1CCN(C(=O)NCC(=O)N2CCN(c3nc4ccccc4s3)CC2)CC1. The molecule has 0 spiro atoms. The molecule has 0 bridgehead atoms. The fourth-order valence-corrected chi connectivity index (χ4v) is 4.54. The Morgan fingerprint density at radius 2 is 1.68 bits per heavy atom. The van der Waals surface area contributed by atoms with E-state index in [0.29, 0.717) is 26.2 Å². The summed E-state index contributed by atoms with van der Waals surface area (Å²) in [6.45, 7) is 6.04. The maximum atomic E-state index is 12.5. The van der Waals surface area contributed by atoms with E-state index in [-0.39, 0.29) is 18.5 Å². The highest BCUT2D eigenvalue weighted by Gasteiger charge is 2.24. The topological polar surface area (TPSA) is 72.0 Å². The van der Waals surface area contributed by atoms with E-state index in [1.165, 1.54) is 4.70 Å². The highest BCUT2D eigenvalue weighted by atomic mass is 32.1. The van der Waals surface area contributed by atoms with Crippen molar-refractivity contribution in [2.75, 3.05) is 70.9 Å². The first-order valence-electron chi connectivity index (χ1n) is 9.70. The molecule has 2 aliphatic rings. The minimum absolute atomic E-state index is 0.0218. The molecule has 0 radical (unpaired) electrons. The van der Waals surface area contributed by atoms with Crippen LogP contribution in [-0.2, 0) is 4.79 Å². The van der Waals surface area contributed by atoms with Crippen molar-refractivity contribution in [2.24, 2.45) is 0 Å². The minimum Gasteiger partial charge on any atom is -0.345 e. The number of hydrogen-bond donors (Lipinski definition) is 1. The van der Waals surface area contributed by atoms with Crippen LogP contribution in [0.15, 0.2) is 24.3 Å². The van der Waals surface area contributed by atoms with Gasteiger partial charge >= 0.3 is 6.03 Å². The van der Waals surface area contributed by atoms with E-state index in [2.05, 4.69) is 21.2 Å². The summed E-state index contributed by atoms with van der Waals surface area (Å²) >= 11 is 1.69. The number of piperazine rings is 2. The molecule has 4 rings (SSSR count). The third-order valence-corrected chi connectivity index (χ3v) is 6.46. The minimum atomic E-state index is -0.144. The van der Waals surface area contributed by atoms with E-state index in [9.17, 15) is 9.59 Å². The van der Waals surface area contributed by atoms with Crippen molar-refractivity contribution < 1.29 is 9.59 Å². The zero-order valence-corrected chi connectivity index (χ0v) is 17.0. The van der Waals surface area contributed by atoms with E-state index >= 15 is 0 Å². The Morgan fingerprint density at radius 1 is 1.00 bits per heavy atom. The van der Waals surface area contributed by atoms with Crippen LogP contribution in [-0.4, -0.2) is 97.6 Å². The number of amides is 3. The third kappa shape index (κ3) is 4.20. The Hall–Kier alpha value is -2.39. The standard InChI is InChI=1S/C19H26N6O2S/c1-22-6-8-24(9-7-22)18(27)20-14-17(26)23-10-12-25(13-11-23)19-21-15-4-2-3-5-16(15)28-19/h2-5H,6-14H2,1H3,(H,20,27). The summed E-state index contributed by atoms with van der Waals surface area (Å²) in [5.74, 6) is -0.0218. The average molecular weight is 403 g/mol. The molecule has 9 heteroatoms. The number of urea groups is 1. The van der Waals surface area contributed by atoms with Gasteiger partial charge in [-0.1, -0.05) is 23.5 Å². The van der Waals surface area contributed by atoms with Gasteiger partial charge in [-0.15, -0.1) is 0 Å². The highest BCUT2D eigenvalue weighted by Crippen LogP contribution is 2.29. The molecule has 3 amide bonds. The normalized spacial score (nSPS) is 18.5. The molecular weight excluding hydrogens is 376 g/mol. The first-order chi connectivity index (χ1) is 13.6. The number of aromatic nitrogens is 1. The molecule has 2 fully saturated rings. The number of fused-ring (bicyclic) bond motifs is 1. The molecule has 1 aromatic heterocycles.